The SMILES string of the molecule is CCC=C(c1ccccc1)c1ccc(N)c(NS(=O)(=O)CC(C)CC)c1. The quantitative estimate of drug-likeness (QED) is 0.648. The van der Waals surface area contributed by atoms with Gasteiger partial charge in [0.15, 0.2) is 0 Å². The molecule has 0 heterocycles. The number of rotatable bonds is 8. The molecule has 1 atom stereocenters. The highest BCUT2D eigenvalue weighted by molar-refractivity contribution is 7.92. The third kappa shape index (κ3) is 5.36. The lowest BCUT2D eigenvalue weighted by molar-refractivity contribution is 0.568. The van der Waals surface area contributed by atoms with Crippen LogP contribution in [0, 0.1) is 5.92 Å². The fourth-order valence-corrected chi connectivity index (χ4v) is 4.32. The molecular formula is C21H28N2O2S. The largest absolute Gasteiger partial charge is 0.397 e. The van der Waals surface area contributed by atoms with E-state index in [9.17, 15) is 8.42 Å². The Morgan fingerprint density at radius 1 is 1.12 bits per heavy atom. The lowest BCUT2D eigenvalue weighted by atomic mass is 9.96. The zero-order valence-electron chi connectivity index (χ0n) is 15.7. The molecule has 0 radical (unpaired) electrons. The summed E-state index contributed by atoms with van der Waals surface area (Å²) in [7, 11) is -3.44. The Labute approximate surface area is 157 Å². The van der Waals surface area contributed by atoms with Crippen molar-refractivity contribution in [3.63, 3.8) is 0 Å². The molecule has 0 aliphatic rings. The number of sulfonamides is 1. The van der Waals surface area contributed by atoms with Crippen LogP contribution < -0.4 is 10.5 Å². The van der Waals surface area contributed by atoms with Crippen molar-refractivity contribution in [2.75, 3.05) is 16.2 Å². The zero-order chi connectivity index (χ0) is 19.2. The molecule has 0 saturated heterocycles. The Morgan fingerprint density at radius 3 is 2.42 bits per heavy atom. The number of nitrogens with two attached hydrogens (primary N) is 1. The van der Waals surface area contributed by atoms with Gasteiger partial charge in [-0.25, -0.2) is 8.42 Å². The minimum Gasteiger partial charge on any atom is -0.397 e. The van der Waals surface area contributed by atoms with Crippen LogP contribution in [-0.2, 0) is 10.0 Å². The predicted octanol–water partition coefficient (Wildman–Crippen LogP) is 4.90. The summed E-state index contributed by atoms with van der Waals surface area (Å²) in [6, 6.07) is 15.6. The molecule has 3 N–H and O–H groups in total. The van der Waals surface area contributed by atoms with Crippen LogP contribution >= 0.6 is 0 Å². The molecule has 0 aliphatic carbocycles. The van der Waals surface area contributed by atoms with Crippen molar-refractivity contribution in [1.82, 2.24) is 0 Å². The third-order valence-electron chi connectivity index (χ3n) is 4.32. The van der Waals surface area contributed by atoms with Gasteiger partial charge in [-0.3, -0.25) is 4.72 Å². The number of hydrogen-bond acceptors (Lipinski definition) is 3. The second-order valence-corrected chi connectivity index (χ2v) is 8.36. The summed E-state index contributed by atoms with van der Waals surface area (Å²) < 4.78 is 27.5. The molecule has 26 heavy (non-hydrogen) atoms. The van der Waals surface area contributed by atoms with Crippen molar-refractivity contribution < 1.29 is 8.42 Å². The monoisotopic (exact) mass is 372 g/mol. The second kappa shape index (κ2) is 8.90. The Morgan fingerprint density at radius 2 is 1.81 bits per heavy atom. The highest BCUT2D eigenvalue weighted by Crippen LogP contribution is 2.30. The van der Waals surface area contributed by atoms with E-state index >= 15 is 0 Å². The van der Waals surface area contributed by atoms with Crippen LogP contribution in [0.1, 0.15) is 44.7 Å². The first-order valence-corrected chi connectivity index (χ1v) is 10.7. The molecule has 0 amide bonds. The van der Waals surface area contributed by atoms with Crippen molar-refractivity contribution in [2.24, 2.45) is 5.92 Å². The van der Waals surface area contributed by atoms with E-state index in [0.29, 0.717) is 11.4 Å². The van der Waals surface area contributed by atoms with Gasteiger partial charge in [0.25, 0.3) is 0 Å². The molecule has 0 bridgehead atoms. The van der Waals surface area contributed by atoms with Gasteiger partial charge >= 0.3 is 0 Å². The maximum atomic E-state index is 12.4. The summed E-state index contributed by atoms with van der Waals surface area (Å²) in [6.45, 7) is 5.99. The molecule has 2 aromatic carbocycles. The van der Waals surface area contributed by atoms with Gasteiger partial charge in [0, 0.05) is 0 Å². The van der Waals surface area contributed by atoms with Crippen LogP contribution in [0.4, 0.5) is 11.4 Å². The number of allylic oxidation sites excluding steroid dienone is 1. The number of benzene rings is 2. The first-order valence-electron chi connectivity index (χ1n) is 9.02. The fourth-order valence-electron chi connectivity index (χ4n) is 2.74. The van der Waals surface area contributed by atoms with E-state index in [1.807, 2.05) is 56.3 Å². The van der Waals surface area contributed by atoms with Gasteiger partial charge < -0.3 is 5.73 Å². The van der Waals surface area contributed by atoms with Gasteiger partial charge in [0.2, 0.25) is 10.0 Å². The zero-order valence-corrected chi connectivity index (χ0v) is 16.5. The van der Waals surface area contributed by atoms with E-state index in [2.05, 4.69) is 17.7 Å². The summed E-state index contributed by atoms with van der Waals surface area (Å²) in [6.07, 6.45) is 3.83. The third-order valence-corrected chi connectivity index (χ3v) is 5.86. The summed E-state index contributed by atoms with van der Waals surface area (Å²) in [4.78, 5) is 0. The Kier molecular flexibility index (Phi) is 6.86. The summed E-state index contributed by atoms with van der Waals surface area (Å²) in [5, 5.41) is 0. The average Bonchev–Trinajstić information content (AvgIpc) is 2.61. The standard InChI is InChI=1S/C21H28N2O2S/c1-4-9-19(17-10-7-6-8-11-17)18-12-13-20(22)21(14-18)23-26(24,25)15-16(3)5-2/h6-14,16,23H,4-5,15,22H2,1-3H3. The lowest BCUT2D eigenvalue weighted by Crippen LogP contribution is -2.21. The van der Waals surface area contributed by atoms with Gasteiger partial charge in [-0.1, -0.05) is 69.7 Å². The van der Waals surface area contributed by atoms with Crippen LogP contribution in [0.15, 0.2) is 54.6 Å². The van der Waals surface area contributed by atoms with E-state index in [4.69, 9.17) is 5.73 Å². The van der Waals surface area contributed by atoms with Gasteiger partial charge in [0.1, 0.15) is 0 Å². The number of nitrogen functional groups attached to an aromatic ring is 1. The van der Waals surface area contributed by atoms with Crippen LogP contribution in [0.25, 0.3) is 5.57 Å². The number of nitrogens with one attached hydrogen (secondary N) is 1. The molecule has 0 fully saturated rings. The molecule has 0 aromatic heterocycles. The molecule has 0 aliphatic heterocycles. The molecule has 0 spiro atoms. The molecule has 2 rings (SSSR count). The molecule has 5 heteroatoms. The van der Waals surface area contributed by atoms with E-state index in [-0.39, 0.29) is 11.7 Å². The van der Waals surface area contributed by atoms with Crippen LogP contribution in [0.5, 0.6) is 0 Å². The van der Waals surface area contributed by atoms with Gasteiger partial charge in [-0.15, -0.1) is 0 Å². The average molecular weight is 373 g/mol. The van der Waals surface area contributed by atoms with Gasteiger partial charge in [0.05, 0.1) is 17.1 Å². The van der Waals surface area contributed by atoms with Gasteiger partial charge in [-0.05, 0) is 41.2 Å². The minimum absolute atomic E-state index is 0.0868. The summed E-state index contributed by atoms with van der Waals surface area (Å²) in [5.41, 5.74) is 9.98. The van der Waals surface area contributed by atoms with E-state index < -0.39 is 10.0 Å². The van der Waals surface area contributed by atoms with Gasteiger partial charge in [-0.2, -0.15) is 0 Å². The Hall–Kier alpha value is -2.27. The fraction of sp³-hybridized carbons (Fsp3) is 0.333. The molecule has 2 aromatic rings. The number of anilines is 2. The van der Waals surface area contributed by atoms with Crippen molar-refractivity contribution >= 4 is 27.0 Å². The van der Waals surface area contributed by atoms with E-state index in [1.165, 1.54) is 0 Å². The predicted molar refractivity (Wildman–Crippen MR) is 112 cm³/mol. The molecule has 0 saturated carbocycles. The smallest absolute Gasteiger partial charge is 0.233 e. The molecular weight excluding hydrogens is 344 g/mol. The lowest BCUT2D eigenvalue weighted by Gasteiger charge is -2.15. The maximum absolute atomic E-state index is 12.4. The second-order valence-electron chi connectivity index (χ2n) is 6.59. The summed E-state index contributed by atoms with van der Waals surface area (Å²) in [5.74, 6) is 0.181. The maximum Gasteiger partial charge on any atom is 0.233 e. The molecule has 4 nitrogen and oxygen atoms in total. The minimum atomic E-state index is -3.44. The molecule has 140 valence electrons. The van der Waals surface area contributed by atoms with Crippen LogP contribution in [-0.4, -0.2) is 14.2 Å². The Balaban J connectivity index is 2.38. The van der Waals surface area contributed by atoms with E-state index in [1.54, 1.807) is 6.07 Å². The highest BCUT2D eigenvalue weighted by Gasteiger charge is 2.17. The number of hydrogen-bond donors (Lipinski definition) is 2. The normalized spacial score (nSPS) is 13.4. The van der Waals surface area contributed by atoms with Crippen molar-refractivity contribution in [1.29, 1.82) is 0 Å². The summed E-state index contributed by atoms with van der Waals surface area (Å²) >= 11 is 0. The topological polar surface area (TPSA) is 72.2 Å². The van der Waals surface area contributed by atoms with Crippen molar-refractivity contribution in [3.05, 3.63) is 65.7 Å². The first kappa shape index (κ1) is 20.0. The van der Waals surface area contributed by atoms with Crippen molar-refractivity contribution in [3.8, 4) is 0 Å². The first-order chi connectivity index (χ1) is 12.4. The Bertz CT molecular complexity index is 859. The van der Waals surface area contributed by atoms with Crippen molar-refractivity contribution in [2.45, 2.75) is 33.6 Å². The van der Waals surface area contributed by atoms with Crippen LogP contribution in [0.2, 0.25) is 0 Å². The van der Waals surface area contributed by atoms with E-state index in [0.717, 1.165) is 29.5 Å². The molecule has 1 unspecified atom stereocenters. The van der Waals surface area contributed by atoms with Crippen LogP contribution in [0.3, 0.4) is 0 Å². The highest BCUT2D eigenvalue weighted by atomic mass is 32.2.